The van der Waals surface area contributed by atoms with Crippen LogP contribution in [-0.2, 0) is 22.5 Å². The lowest BCUT2D eigenvalue weighted by Gasteiger charge is -2.35. The molecule has 23 heavy (non-hydrogen) atoms. The number of nitrogens with zero attached hydrogens (tertiary/aromatic N) is 3. The number of methoxy groups -OCH3 is 1. The molecule has 1 aliphatic heterocycles. The van der Waals surface area contributed by atoms with Crippen molar-refractivity contribution in [2.75, 3.05) is 20.3 Å². The maximum Gasteiger partial charge on any atom is 0.247 e. The van der Waals surface area contributed by atoms with Crippen LogP contribution in [0.5, 0.6) is 0 Å². The van der Waals surface area contributed by atoms with Crippen LogP contribution in [0.3, 0.4) is 0 Å². The topological polar surface area (TPSA) is 47.4 Å². The number of thiophene rings is 1. The minimum Gasteiger partial charge on any atom is -0.382 e. The molecule has 1 unspecified atom stereocenters. The molecule has 3 heterocycles. The molecule has 0 N–H and O–H groups in total. The van der Waals surface area contributed by atoms with Gasteiger partial charge in [-0.2, -0.15) is 5.10 Å². The molecule has 0 saturated carbocycles. The zero-order valence-electron chi connectivity index (χ0n) is 13.4. The summed E-state index contributed by atoms with van der Waals surface area (Å²) in [6, 6.07) is 3.91. The quantitative estimate of drug-likeness (QED) is 0.792. The summed E-state index contributed by atoms with van der Waals surface area (Å²) >= 11 is 1.62. The number of hydrogen-bond donors (Lipinski definition) is 0. The first kappa shape index (κ1) is 16.0. The molecule has 0 spiro atoms. The third-order valence-corrected chi connectivity index (χ3v) is 4.95. The average Bonchev–Trinajstić information content (AvgIpc) is 3.22. The molecule has 0 bridgehead atoms. The highest BCUT2D eigenvalue weighted by Gasteiger charge is 2.32. The Kier molecular flexibility index (Phi) is 4.93. The van der Waals surface area contributed by atoms with Gasteiger partial charge in [-0.1, -0.05) is 6.07 Å². The second kappa shape index (κ2) is 7.10. The van der Waals surface area contributed by atoms with Crippen LogP contribution in [0.4, 0.5) is 0 Å². The lowest BCUT2D eigenvalue weighted by atomic mass is 10.00. The first-order chi connectivity index (χ1) is 11.2. The maximum atomic E-state index is 12.7. The van der Waals surface area contributed by atoms with Crippen molar-refractivity contribution in [1.82, 2.24) is 14.7 Å². The summed E-state index contributed by atoms with van der Waals surface area (Å²) in [6.07, 6.45) is 6.30. The van der Waals surface area contributed by atoms with Gasteiger partial charge in [0, 0.05) is 31.2 Å². The van der Waals surface area contributed by atoms with Crippen LogP contribution in [0.15, 0.2) is 29.8 Å². The van der Waals surface area contributed by atoms with Crippen molar-refractivity contribution in [1.29, 1.82) is 0 Å². The van der Waals surface area contributed by atoms with Gasteiger partial charge in [0.05, 0.1) is 24.5 Å². The lowest BCUT2D eigenvalue weighted by Crippen LogP contribution is -2.42. The normalized spacial score (nSPS) is 17.7. The van der Waals surface area contributed by atoms with Crippen LogP contribution in [0.2, 0.25) is 0 Å². The van der Waals surface area contributed by atoms with E-state index in [0.717, 1.165) is 23.5 Å². The molecular weight excluding hydrogens is 310 g/mol. The van der Waals surface area contributed by atoms with Crippen molar-refractivity contribution in [3.8, 4) is 0 Å². The van der Waals surface area contributed by atoms with Crippen LogP contribution in [0.1, 0.15) is 29.1 Å². The van der Waals surface area contributed by atoms with Crippen LogP contribution in [0, 0.1) is 0 Å². The number of aryl methyl sites for hydroxylation is 1. The molecule has 3 rings (SSSR count). The highest BCUT2D eigenvalue weighted by Crippen LogP contribution is 2.30. The van der Waals surface area contributed by atoms with Crippen molar-refractivity contribution in [3.05, 3.63) is 45.9 Å². The van der Waals surface area contributed by atoms with Gasteiger partial charge in [-0.05, 0) is 36.4 Å². The van der Waals surface area contributed by atoms with E-state index in [0.29, 0.717) is 13.2 Å². The van der Waals surface area contributed by atoms with E-state index in [1.54, 1.807) is 24.5 Å². The van der Waals surface area contributed by atoms with Crippen LogP contribution in [0.25, 0.3) is 6.08 Å². The van der Waals surface area contributed by atoms with Crippen LogP contribution < -0.4 is 0 Å². The second-order valence-corrected chi connectivity index (χ2v) is 6.45. The molecule has 1 atom stereocenters. The molecule has 1 aliphatic rings. The second-order valence-electron chi connectivity index (χ2n) is 5.47. The Hall–Kier alpha value is -1.92. The van der Waals surface area contributed by atoms with Gasteiger partial charge in [-0.3, -0.25) is 9.48 Å². The molecule has 0 radical (unpaired) electrons. The molecular formula is C17H21N3O2S. The van der Waals surface area contributed by atoms with E-state index in [-0.39, 0.29) is 11.9 Å². The van der Waals surface area contributed by atoms with Crippen molar-refractivity contribution in [2.24, 2.45) is 0 Å². The van der Waals surface area contributed by atoms with Gasteiger partial charge in [0.25, 0.3) is 0 Å². The number of carbonyl (C=O) groups excluding carboxylic acids is 1. The zero-order chi connectivity index (χ0) is 16.2. The molecule has 6 heteroatoms. The van der Waals surface area contributed by atoms with Gasteiger partial charge in [0.2, 0.25) is 5.91 Å². The first-order valence-electron chi connectivity index (χ1n) is 7.80. The van der Waals surface area contributed by atoms with Crippen molar-refractivity contribution in [2.45, 2.75) is 25.9 Å². The summed E-state index contributed by atoms with van der Waals surface area (Å²) in [5, 5.41) is 6.44. The molecule has 0 aliphatic carbocycles. The molecule has 2 aromatic rings. The van der Waals surface area contributed by atoms with Gasteiger partial charge in [-0.15, -0.1) is 11.3 Å². The Balaban J connectivity index is 1.85. The van der Waals surface area contributed by atoms with Crippen molar-refractivity contribution >= 4 is 23.3 Å². The number of aromatic nitrogens is 2. The Morgan fingerprint density at radius 1 is 1.57 bits per heavy atom. The Bertz CT molecular complexity index is 677. The number of fused-ring (bicyclic) bond motifs is 1. The summed E-state index contributed by atoms with van der Waals surface area (Å²) in [5.74, 6) is 0.0231. The SMILES string of the molecule is CCn1ncc2c1C(COC)N(C(=O)/C=C/c1cccs1)CC2. The first-order valence-corrected chi connectivity index (χ1v) is 8.68. The highest BCUT2D eigenvalue weighted by molar-refractivity contribution is 7.10. The molecule has 1 amide bonds. The minimum atomic E-state index is -0.0771. The summed E-state index contributed by atoms with van der Waals surface area (Å²) in [6.45, 7) is 4.04. The van der Waals surface area contributed by atoms with E-state index in [1.807, 2.05) is 39.4 Å². The molecule has 0 aromatic carbocycles. The third kappa shape index (κ3) is 3.23. The van der Waals surface area contributed by atoms with Gasteiger partial charge in [0.1, 0.15) is 0 Å². The zero-order valence-corrected chi connectivity index (χ0v) is 14.3. The van der Waals surface area contributed by atoms with E-state index < -0.39 is 0 Å². The predicted molar refractivity (Wildman–Crippen MR) is 91.3 cm³/mol. The van der Waals surface area contributed by atoms with Crippen molar-refractivity contribution in [3.63, 3.8) is 0 Å². The highest BCUT2D eigenvalue weighted by atomic mass is 32.1. The molecule has 122 valence electrons. The van der Waals surface area contributed by atoms with E-state index >= 15 is 0 Å². The van der Waals surface area contributed by atoms with E-state index in [2.05, 4.69) is 12.0 Å². The van der Waals surface area contributed by atoms with Gasteiger partial charge in [0.15, 0.2) is 0 Å². The number of amides is 1. The number of rotatable bonds is 5. The Morgan fingerprint density at radius 2 is 2.43 bits per heavy atom. The van der Waals surface area contributed by atoms with Gasteiger partial charge < -0.3 is 9.64 Å². The molecule has 2 aromatic heterocycles. The summed E-state index contributed by atoms with van der Waals surface area (Å²) in [7, 11) is 1.67. The average molecular weight is 331 g/mol. The smallest absolute Gasteiger partial charge is 0.247 e. The standard InChI is InChI=1S/C17H21N3O2S/c1-3-20-17-13(11-18-20)8-9-19(15(17)12-22-2)16(21)7-6-14-5-4-10-23-14/h4-7,10-11,15H,3,8-9,12H2,1-2H3/b7-6+. The summed E-state index contributed by atoms with van der Waals surface area (Å²) in [4.78, 5) is 15.6. The predicted octanol–water partition coefficient (Wildman–Crippen LogP) is 2.75. The van der Waals surface area contributed by atoms with Gasteiger partial charge >= 0.3 is 0 Å². The third-order valence-electron chi connectivity index (χ3n) is 4.11. The fourth-order valence-electron chi connectivity index (χ4n) is 3.03. The van der Waals surface area contributed by atoms with E-state index in [4.69, 9.17) is 4.74 Å². The van der Waals surface area contributed by atoms with Gasteiger partial charge in [-0.25, -0.2) is 0 Å². The lowest BCUT2D eigenvalue weighted by molar-refractivity contribution is -0.130. The molecule has 0 saturated heterocycles. The maximum absolute atomic E-state index is 12.7. The monoisotopic (exact) mass is 331 g/mol. The summed E-state index contributed by atoms with van der Waals surface area (Å²) in [5.41, 5.74) is 2.33. The van der Waals surface area contributed by atoms with Crippen LogP contribution in [-0.4, -0.2) is 40.8 Å². The summed E-state index contributed by atoms with van der Waals surface area (Å²) < 4.78 is 7.35. The number of carbonyl (C=O) groups is 1. The fraction of sp³-hybridized carbons (Fsp3) is 0.412. The van der Waals surface area contributed by atoms with Crippen molar-refractivity contribution < 1.29 is 9.53 Å². The molecule has 0 fully saturated rings. The van der Waals surface area contributed by atoms with E-state index in [9.17, 15) is 4.79 Å². The largest absolute Gasteiger partial charge is 0.382 e. The Morgan fingerprint density at radius 3 is 3.13 bits per heavy atom. The molecule has 5 nitrogen and oxygen atoms in total. The Labute approximate surface area is 140 Å². The fourth-order valence-corrected chi connectivity index (χ4v) is 3.65. The van der Waals surface area contributed by atoms with E-state index in [1.165, 1.54) is 5.56 Å². The van der Waals surface area contributed by atoms with Crippen LogP contribution >= 0.6 is 11.3 Å². The minimum absolute atomic E-state index is 0.0231. The number of ether oxygens (including phenoxy) is 1. The number of hydrogen-bond acceptors (Lipinski definition) is 4.